The normalized spacial score (nSPS) is 17.2. The molecule has 0 amide bonds. The van der Waals surface area contributed by atoms with Gasteiger partial charge in [-0.15, -0.1) is 5.10 Å². The topological polar surface area (TPSA) is 95.2 Å². The van der Waals surface area contributed by atoms with Gasteiger partial charge in [-0.25, -0.2) is 0 Å². The third-order valence-corrected chi connectivity index (χ3v) is 6.19. The molecule has 0 spiro atoms. The molecule has 37 heavy (non-hydrogen) atoms. The zero-order valence-corrected chi connectivity index (χ0v) is 20.0. The molecule has 2 heterocycles. The van der Waals surface area contributed by atoms with Crippen LogP contribution >= 0.6 is 11.6 Å². The molecule has 1 saturated heterocycles. The van der Waals surface area contributed by atoms with E-state index >= 15 is 0 Å². The molecule has 7 nitrogen and oxygen atoms in total. The second-order valence-corrected chi connectivity index (χ2v) is 9.07. The van der Waals surface area contributed by atoms with Crippen molar-refractivity contribution < 1.29 is 31.1 Å². The van der Waals surface area contributed by atoms with Gasteiger partial charge in [0.1, 0.15) is 11.9 Å². The number of nitrogens with two attached hydrogens (primary N) is 2. The first kappa shape index (κ1) is 26.9. The second kappa shape index (κ2) is 10.3. The number of benzene rings is 2. The number of nitrogen functional groups attached to an aromatic ring is 2. The van der Waals surface area contributed by atoms with E-state index < -0.39 is 24.3 Å². The van der Waals surface area contributed by atoms with E-state index in [0.29, 0.717) is 31.7 Å². The molecule has 1 unspecified atom stereocenters. The number of piperidine rings is 1. The van der Waals surface area contributed by atoms with Crippen molar-refractivity contribution in [3.63, 3.8) is 0 Å². The van der Waals surface area contributed by atoms with Crippen molar-refractivity contribution in [2.45, 2.75) is 37.7 Å². The maximum absolute atomic E-state index is 14.0. The Balaban J connectivity index is 1.55. The Hall–Kier alpha value is -3.19. The van der Waals surface area contributed by atoms with E-state index in [1.165, 1.54) is 30.3 Å². The first-order valence-electron chi connectivity index (χ1n) is 11.3. The van der Waals surface area contributed by atoms with E-state index in [4.69, 9.17) is 27.8 Å². The molecule has 1 aromatic heterocycles. The van der Waals surface area contributed by atoms with Crippen LogP contribution < -0.4 is 16.2 Å². The van der Waals surface area contributed by atoms with E-state index in [1.54, 1.807) is 4.90 Å². The number of likely N-dealkylation sites (tertiary alicyclic amines) is 1. The summed E-state index contributed by atoms with van der Waals surface area (Å²) in [5.74, 6) is -0.0162. The molecular formula is C23H23ClF6N6O. The zero-order valence-electron chi connectivity index (χ0n) is 19.3. The summed E-state index contributed by atoms with van der Waals surface area (Å²) >= 11 is 6.31. The molecule has 1 fully saturated rings. The van der Waals surface area contributed by atoms with E-state index in [1.807, 2.05) is 0 Å². The lowest BCUT2D eigenvalue weighted by Crippen LogP contribution is -2.42. The molecule has 0 aliphatic carbocycles. The molecule has 1 atom stereocenters. The first-order valence-corrected chi connectivity index (χ1v) is 11.6. The Morgan fingerprint density at radius 1 is 1.05 bits per heavy atom. The molecule has 14 heteroatoms. The van der Waals surface area contributed by atoms with Crippen molar-refractivity contribution in [3.8, 4) is 22.6 Å². The molecular weight excluding hydrogens is 526 g/mol. The van der Waals surface area contributed by atoms with Gasteiger partial charge in [-0.1, -0.05) is 23.7 Å². The molecule has 2 aromatic carbocycles. The van der Waals surface area contributed by atoms with E-state index in [2.05, 4.69) is 10.1 Å². The van der Waals surface area contributed by atoms with Gasteiger partial charge in [-0.3, -0.25) is 4.90 Å². The largest absolute Gasteiger partial charge is 0.489 e. The molecule has 0 bridgehead atoms. The fourth-order valence-corrected chi connectivity index (χ4v) is 4.58. The Morgan fingerprint density at radius 3 is 2.35 bits per heavy atom. The van der Waals surface area contributed by atoms with Gasteiger partial charge in [-0.05, 0) is 49.2 Å². The first-order chi connectivity index (χ1) is 17.3. The molecule has 3 aromatic rings. The molecule has 0 saturated carbocycles. The standard InChI is InChI=1S/C23H23ClF6N6O/c24-18-11-14(36-21(32)33-20(31)34-36)10-17(23(28,29)30)19(18)13-3-5-15(6-4-13)37-16-2-1-8-35(12-16)9-7-22(25,26)27/h3-6,10-11,16H,1-2,7-9,12H2,(H4,31,32,33,34). The summed E-state index contributed by atoms with van der Waals surface area (Å²) in [6, 6.07) is 8.02. The predicted molar refractivity (Wildman–Crippen MR) is 126 cm³/mol. The molecule has 1 aliphatic heterocycles. The third kappa shape index (κ3) is 6.58. The van der Waals surface area contributed by atoms with Gasteiger partial charge in [-0.2, -0.15) is 36.0 Å². The summed E-state index contributed by atoms with van der Waals surface area (Å²) < 4.78 is 86.5. The van der Waals surface area contributed by atoms with Crippen LogP contribution in [-0.4, -0.2) is 51.6 Å². The highest BCUT2D eigenvalue weighted by molar-refractivity contribution is 6.33. The number of hydrogen-bond donors (Lipinski definition) is 2. The predicted octanol–water partition coefficient (Wildman–Crippen LogP) is 5.57. The molecule has 1 aliphatic rings. The lowest BCUT2D eigenvalue weighted by atomic mass is 9.98. The third-order valence-electron chi connectivity index (χ3n) is 5.89. The molecule has 4 N–H and O–H groups in total. The van der Waals surface area contributed by atoms with E-state index in [0.717, 1.165) is 10.7 Å². The number of hydrogen-bond acceptors (Lipinski definition) is 6. The van der Waals surface area contributed by atoms with Crippen LogP contribution in [0.15, 0.2) is 36.4 Å². The highest BCUT2D eigenvalue weighted by atomic mass is 35.5. The highest BCUT2D eigenvalue weighted by Crippen LogP contribution is 2.43. The van der Waals surface area contributed by atoms with E-state index in [9.17, 15) is 26.3 Å². The number of alkyl halides is 6. The quantitative estimate of drug-likeness (QED) is 0.391. The van der Waals surface area contributed by atoms with Crippen LogP contribution in [0.4, 0.5) is 38.2 Å². The Bertz CT molecular complexity index is 1240. The monoisotopic (exact) mass is 548 g/mol. The van der Waals surface area contributed by atoms with Crippen molar-refractivity contribution in [1.82, 2.24) is 19.7 Å². The summed E-state index contributed by atoms with van der Waals surface area (Å²) in [6.45, 7) is 0.777. The minimum Gasteiger partial charge on any atom is -0.489 e. The van der Waals surface area contributed by atoms with Gasteiger partial charge >= 0.3 is 12.4 Å². The number of rotatable bonds is 6. The number of anilines is 2. The fraction of sp³-hybridized carbons (Fsp3) is 0.391. The van der Waals surface area contributed by atoms with Gasteiger partial charge in [0.05, 0.1) is 22.7 Å². The minimum atomic E-state index is -4.76. The van der Waals surface area contributed by atoms with Gasteiger partial charge in [0.25, 0.3) is 0 Å². The molecule has 0 radical (unpaired) electrons. The number of nitrogens with zero attached hydrogens (tertiary/aromatic N) is 4. The van der Waals surface area contributed by atoms with Gasteiger partial charge in [0, 0.05) is 18.7 Å². The van der Waals surface area contributed by atoms with Crippen molar-refractivity contribution in [2.75, 3.05) is 31.1 Å². The summed E-state index contributed by atoms with van der Waals surface area (Å²) in [4.78, 5) is 5.39. The SMILES string of the molecule is Nc1nc(N)n(-c2cc(Cl)c(-c3ccc(OC4CCCN(CCC(F)(F)F)C4)cc3)c(C(F)(F)F)c2)n1. The zero-order chi connectivity index (χ0) is 27.0. The Kier molecular flexibility index (Phi) is 7.47. The summed E-state index contributed by atoms with van der Waals surface area (Å²) in [7, 11) is 0. The second-order valence-electron chi connectivity index (χ2n) is 8.66. The van der Waals surface area contributed by atoms with Crippen molar-refractivity contribution in [3.05, 3.63) is 47.0 Å². The van der Waals surface area contributed by atoms with Crippen molar-refractivity contribution in [2.24, 2.45) is 0 Å². The smallest absolute Gasteiger partial charge is 0.417 e. The Labute approximate surface area is 213 Å². The average Bonchev–Trinajstić information content (AvgIpc) is 3.15. The number of halogens is 7. The van der Waals surface area contributed by atoms with Gasteiger partial charge in [0.2, 0.25) is 11.9 Å². The number of aromatic nitrogens is 3. The van der Waals surface area contributed by atoms with Crippen molar-refractivity contribution in [1.29, 1.82) is 0 Å². The molecule has 200 valence electrons. The average molecular weight is 549 g/mol. The van der Waals surface area contributed by atoms with Crippen molar-refractivity contribution >= 4 is 23.5 Å². The van der Waals surface area contributed by atoms with Gasteiger partial charge < -0.3 is 16.2 Å². The maximum atomic E-state index is 14.0. The fourth-order valence-electron chi connectivity index (χ4n) is 4.25. The van der Waals surface area contributed by atoms with Crippen LogP contribution in [0.3, 0.4) is 0 Å². The number of ether oxygens (including phenoxy) is 1. The maximum Gasteiger partial charge on any atom is 0.417 e. The lowest BCUT2D eigenvalue weighted by Gasteiger charge is -2.33. The Morgan fingerprint density at radius 2 is 1.76 bits per heavy atom. The minimum absolute atomic E-state index is 0.0601. The van der Waals surface area contributed by atoms with E-state index in [-0.39, 0.29) is 46.4 Å². The summed E-state index contributed by atoms with van der Waals surface area (Å²) in [6.07, 6.45) is -8.87. The van der Waals surface area contributed by atoms with Crippen LogP contribution in [0, 0.1) is 0 Å². The van der Waals surface area contributed by atoms with Crippen LogP contribution in [0.1, 0.15) is 24.8 Å². The lowest BCUT2D eigenvalue weighted by molar-refractivity contribution is -0.139. The van der Waals surface area contributed by atoms with Gasteiger partial charge in [0.15, 0.2) is 0 Å². The highest BCUT2D eigenvalue weighted by Gasteiger charge is 2.36. The van der Waals surface area contributed by atoms with Crippen LogP contribution in [0.5, 0.6) is 5.75 Å². The molecule has 4 rings (SSSR count). The van der Waals surface area contributed by atoms with Crippen LogP contribution in [-0.2, 0) is 6.18 Å². The summed E-state index contributed by atoms with van der Waals surface area (Å²) in [5, 5.41) is 3.60. The van der Waals surface area contributed by atoms with Crippen LogP contribution in [0.2, 0.25) is 5.02 Å². The summed E-state index contributed by atoms with van der Waals surface area (Å²) in [5.41, 5.74) is 10.0. The van der Waals surface area contributed by atoms with Crippen LogP contribution in [0.25, 0.3) is 16.8 Å².